The van der Waals surface area contributed by atoms with E-state index in [9.17, 15) is 19.4 Å². The number of hydrogen-bond acceptors (Lipinski definition) is 4. The number of nitrogens with zero attached hydrogens (tertiary/aromatic N) is 1. The first-order valence-corrected chi connectivity index (χ1v) is 5.89. The molecule has 1 saturated heterocycles. The van der Waals surface area contributed by atoms with E-state index in [1.54, 1.807) is 11.8 Å². The Morgan fingerprint density at radius 3 is 2.28 bits per heavy atom. The number of halogens is 1. The van der Waals surface area contributed by atoms with Crippen LogP contribution in [-0.2, 0) is 0 Å². The minimum atomic E-state index is -0.812. The van der Waals surface area contributed by atoms with Crippen molar-refractivity contribution in [2.24, 2.45) is 0 Å². The first kappa shape index (κ1) is 13.1. The topological polar surface area (TPSA) is 60.8 Å². The molecule has 1 fully saturated rings. The van der Waals surface area contributed by atoms with E-state index in [2.05, 4.69) is 0 Å². The summed E-state index contributed by atoms with van der Waals surface area (Å²) in [6, 6.07) is 4.93. The Bertz CT molecular complexity index is 424. The fourth-order valence-electron chi connectivity index (χ4n) is 2.14. The number of carbonyl (C=O) groups is 1. The molecule has 3 atom stereocenters. The zero-order chi connectivity index (χ0) is 13.3. The van der Waals surface area contributed by atoms with Crippen LogP contribution in [-0.4, -0.2) is 52.2 Å². The van der Waals surface area contributed by atoms with Gasteiger partial charge in [-0.25, -0.2) is 4.39 Å². The largest absolute Gasteiger partial charge is 0.389 e. The number of rotatable bonds is 3. The van der Waals surface area contributed by atoms with Crippen molar-refractivity contribution in [3.05, 3.63) is 35.6 Å². The molecule has 0 bridgehead atoms. The van der Waals surface area contributed by atoms with Gasteiger partial charge in [0.1, 0.15) is 5.82 Å². The lowest BCUT2D eigenvalue weighted by Crippen LogP contribution is -2.38. The van der Waals surface area contributed by atoms with Crippen LogP contribution < -0.4 is 0 Å². The first-order valence-electron chi connectivity index (χ1n) is 5.89. The fraction of sp³-hybridized carbons (Fsp3) is 0.462. The van der Waals surface area contributed by atoms with Gasteiger partial charge in [-0.2, -0.15) is 0 Å². The number of hydrogen-bond donors (Lipinski definition) is 2. The van der Waals surface area contributed by atoms with Gasteiger partial charge < -0.3 is 10.2 Å². The van der Waals surface area contributed by atoms with Gasteiger partial charge in [0.05, 0.1) is 18.2 Å². The molecule has 1 aromatic carbocycles. The van der Waals surface area contributed by atoms with Crippen LogP contribution in [0.5, 0.6) is 0 Å². The number of aliphatic hydroxyl groups excluding tert-OH is 2. The maximum atomic E-state index is 12.8. The van der Waals surface area contributed by atoms with Crippen molar-refractivity contribution in [3.63, 3.8) is 0 Å². The van der Waals surface area contributed by atoms with Gasteiger partial charge in [0.25, 0.3) is 0 Å². The third-order valence-corrected chi connectivity index (χ3v) is 3.34. The van der Waals surface area contributed by atoms with Gasteiger partial charge in [-0.1, -0.05) is 0 Å². The zero-order valence-corrected chi connectivity index (χ0v) is 10.1. The SMILES string of the molecule is CC(C(=O)c1ccc(F)cc1)N1CC(O)C(O)C1. The van der Waals surface area contributed by atoms with Crippen LogP contribution in [0.15, 0.2) is 24.3 Å². The Hall–Kier alpha value is -1.30. The lowest BCUT2D eigenvalue weighted by atomic mass is 10.0. The van der Waals surface area contributed by atoms with Gasteiger partial charge in [0.2, 0.25) is 0 Å². The molecule has 0 amide bonds. The third-order valence-electron chi connectivity index (χ3n) is 3.34. The quantitative estimate of drug-likeness (QED) is 0.767. The van der Waals surface area contributed by atoms with Gasteiger partial charge >= 0.3 is 0 Å². The van der Waals surface area contributed by atoms with E-state index in [1.807, 2.05) is 0 Å². The normalized spacial score (nSPS) is 26.2. The van der Waals surface area contributed by atoms with Crippen molar-refractivity contribution >= 4 is 5.78 Å². The summed E-state index contributed by atoms with van der Waals surface area (Å²) in [6.45, 7) is 2.26. The van der Waals surface area contributed by atoms with Crippen molar-refractivity contribution < 1.29 is 19.4 Å². The predicted octanol–water partition coefficient (Wildman–Crippen LogP) is 0.434. The second-order valence-corrected chi connectivity index (χ2v) is 4.64. The molecule has 98 valence electrons. The van der Waals surface area contributed by atoms with Crippen molar-refractivity contribution in [2.75, 3.05) is 13.1 Å². The van der Waals surface area contributed by atoms with E-state index in [4.69, 9.17) is 0 Å². The third kappa shape index (κ3) is 2.58. The molecular weight excluding hydrogens is 237 g/mol. The zero-order valence-electron chi connectivity index (χ0n) is 10.1. The highest BCUT2D eigenvalue weighted by molar-refractivity contribution is 5.99. The van der Waals surface area contributed by atoms with Crippen molar-refractivity contribution in [2.45, 2.75) is 25.2 Å². The number of ketones is 1. The van der Waals surface area contributed by atoms with Crippen LogP contribution in [0.2, 0.25) is 0 Å². The lowest BCUT2D eigenvalue weighted by Gasteiger charge is -2.22. The van der Waals surface area contributed by atoms with Gasteiger partial charge in [0.15, 0.2) is 5.78 Å². The molecular formula is C13H16FNO3. The average Bonchev–Trinajstić information content (AvgIpc) is 2.69. The molecule has 0 radical (unpaired) electrons. The maximum absolute atomic E-state index is 12.8. The van der Waals surface area contributed by atoms with Gasteiger partial charge in [-0.3, -0.25) is 9.69 Å². The average molecular weight is 253 g/mol. The van der Waals surface area contributed by atoms with E-state index < -0.39 is 18.2 Å². The molecule has 2 rings (SSSR count). The van der Waals surface area contributed by atoms with E-state index in [-0.39, 0.29) is 24.7 Å². The molecule has 5 heteroatoms. The minimum Gasteiger partial charge on any atom is -0.389 e. The monoisotopic (exact) mass is 253 g/mol. The smallest absolute Gasteiger partial charge is 0.179 e. The number of aliphatic hydroxyl groups is 2. The van der Waals surface area contributed by atoms with E-state index >= 15 is 0 Å². The summed E-state index contributed by atoms with van der Waals surface area (Å²) in [5.74, 6) is -0.525. The van der Waals surface area contributed by atoms with Crippen molar-refractivity contribution in [3.8, 4) is 0 Å². The van der Waals surface area contributed by atoms with Crippen LogP contribution in [0, 0.1) is 5.82 Å². The first-order chi connectivity index (χ1) is 8.49. The molecule has 0 spiro atoms. The summed E-state index contributed by atoms with van der Waals surface area (Å²) >= 11 is 0. The molecule has 1 aliphatic heterocycles. The lowest BCUT2D eigenvalue weighted by molar-refractivity contribution is 0.0572. The fourth-order valence-corrected chi connectivity index (χ4v) is 2.14. The Balaban J connectivity index is 2.07. The number of likely N-dealkylation sites (tertiary alicyclic amines) is 1. The molecule has 1 aliphatic rings. The van der Waals surface area contributed by atoms with Gasteiger partial charge in [-0.05, 0) is 31.2 Å². The molecule has 1 heterocycles. The highest BCUT2D eigenvalue weighted by Crippen LogP contribution is 2.16. The Labute approximate surface area is 105 Å². The Morgan fingerprint density at radius 2 is 1.78 bits per heavy atom. The van der Waals surface area contributed by atoms with E-state index in [0.29, 0.717) is 5.56 Å². The molecule has 18 heavy (non-hydrogen) atoms. The highest BCUT2D eigenvalue weighted by Gasteiger charge is 2.34. The molecule has 1 aromatic rings. The minimum absolute atomic E-state index is 0.142. The standard InChI is InChI=1S/C13H16FNO3/c1-8(15-6-11(16)12(17)7-15)13(18)9-2-4-10(14)5-3-9/h2-5,8,11-12,16-17H,6-7H2,1H3. The second-order valence-electron chi connectivity index (χ2n) is 4.64. The molecule has 3 unspecified atom stereocenters. The highest BCUT2D eigenvalue weighted by atomic mass is 19.1. The second kappa shape index (κ2) is 5.14. The van der Waals surface area contributed by atoms with Crippen molar-refractivity contribution in [1.29, 1.82) is 0 Å². The molecule has 0 saturated carbocycles. The van der Waals surface area contributed by atoms with Crippen LogP contribution in [0.3, 0.4) is 0 Å². The summed E-state index contributed by atoms with van der Waals surface area (Å²) in [6.07, 6.45) is -1.62. The Kier molecular flexibility index (Phi) is 3.75. The van der Waals surface area contributed by atoms with Crippen LogP contribution >= 0.6 is 0 Å². The number of carbonyl (C=O) groups excluding carboxylic acids is 1. The molecule has 4 nitrogen and oxygen atoms in total. The Morgan fingerprint density at radius 1 is 1.28 bits per heavy atom. The number of β-amino-alcohol motifs (C(OH)–C–C–N with tert-alkyl or cyclic N) is 2. The molecule has 0 aliphatic carbocycles. The van der Waals surface area contributed by atoms with Crippen LogP contribution in [0.1, 0.15) is 17.3 Å². The molecule has 0 aromatic heterocycles. The summed E-state index contributed by atoms with van der Waals surface area (Å²) in [4.78, 5) is 13.9. The van der Waals surface area contributed by atoms with Crippen molar-refractivity contribution in [1.82, 2.24) is 4.90 Å². The summed E-state index contributed by atoms with van der Waals surface area (Å²) < 4.78 is 12.8. The van der Waals surface area contributed by atoms with E-state index in [1.165, 1.54) is 24.3 Å². The summed E-state index contributed by atoms with van der Waals surface area (Å²) in [5, 5.41) is 18.9. The van der Waals surface area contributed by atoms with Crippen LogP contribution in [0.4, 0.5) is 4.39 Å². The summed E-state index contributed by atoms with van der Waals surface area (Å²) in [7, 11) is 0. The number of benzene rings is 1. The summed E-state index contributed by atoms with van der Waals surface area (Å²) in [5.41, 5.74) is 0.430. The van der Waals surface area contributed by atoms with E-state index in [0.717, 1.165) is 0 Å². The number of Topliss-reactive ketones (excluding diaryl/α,β-unsaturated/α-hetero) is 1. The van der Waals surface area contributed by atoms with Crippen LogP contribution in [0.25, 0.3) is 0 Å². The van der Waals surface area contributed by atoms with Gasteiger partial charge in [0, 0.05) is 18.7 Å². The van der Waals surface area contributed by atoms with Gasteiger partial charge in [-0.15, -0.1) is 0 Å². The maximum Gasteiger partial charge on any atom is 0.179 e. The molecule has 2 N–H and O–H groups in total. The predicted molar refractivity (Wildman–Crippen MR) is 63.8 cm³/mol.